The fourth-order valence-corrected chi connectivity index (χ4v) is 14.9. The van der Waals surface area contributed by atoms with Crippen LogP contribution >= 0.6 is 11.6 Å². The zero-order valence-electron chi connectivity index (χ0n) is 41.6. The van der Waals surface area contributed by atoms with Crippen LogP contribution in [0.15, 0.2) is 90.5 Å². The van der Waals surface area contributed by atoms with Crippen molar-refractivity contribution < 1.29 is 64.7 Å². The summed E-state index contributed by atoms with van der Waals surface area (Å²) in [5.41, 5.74) is 1.07. The molecule has 71 heavy (non-hydrogen) atoms. The maximum Gasteiger partial charge on any atom is 0.344 e. The molecule has 2 bridgehead atoms. The summed E-state index contributed by atoms with van der Waals surface area (Å²) in [6.45, 7) is 8.98. The van der Waals surface area contributed by atoms with Crippen LogP contribution in [0.4, 0.5) is 5.69 Å². The minimum Gasteiger partial charge on any atom is -1.00 e. The number of H-pyrrole nitrogens is 1. The smallest absolute Gasteiger partial charge is 0.344 e. The number of anilines is 1. The number of para-hydroxylation sites is 1. The summed E-state index contributed by atoms with van der Waals surface area (Å²) in [4.78, 5) is 65.8. The average molecular weight is 1050 g/mol. The van der Waals surface area contributed by atoms with Crippen molar-refractivity contribution >= 4 is 58.0 Å². The molecule has 0 unspecified atom stereocenters. The number of ketones is 1. The third-order valence-electron chi connectivity index (χ3n) is 17.3. The van der Waals surface area contributed by atoms with Gasteiger partial charge in [0.1, 0.15) is 24.3 Å². The molecule has 15 heteroatoms. The number of hydrogen-bond acceptors (Lipinski definition) is 11. The molecular formula is C56H64BrClN4O9. The van der Waals surface area contributed by atoms with E-state index in [2.05, 4.69) is 47.2 Å². The number of nitrogens with zero attached hydrogens (tertiary/aromatic N) is 3. The van der Waals surface area contributed by atoms with Crippen LogP contribution < -0.4 is 26.6 Å². The van der Waals surface area contributed by atoms with E-state index in [-0.39, 0.29) is 47.7 Å². The van der Waals surface area contributed by atoms with E-state index in [1.54, 1.807) is 13.2 Å². The molecule has 6 heterocycles. The second-order valence-electron chi connectivity index (χ2n) is 20.7. The Morgan fingerprint density at radius 3 is 2.42 bits per heavy atom. The zero-order chi connectivity index (χ0) is 49.5. The molecule has 4 aromatic rings. The quantitative estimate of drug-likeness (QED) is 0.0732. The lowest BCUT2D eigenvalue weighted by atomic mass is 9.47. The number of aromatic amines is 1. The minimum absolute atomic E-state index is 0. The van der Waals surface area contributed by atoms with Crippen molar-refractivity contribution in [1.82, 2.24) is 9.88 Å². The molecule has 2 N–H and O–H groups in total. The second-order valence-corrected chi connectivity index (χ2v) is 21.1. The fourth-order valence-electron chi connectivity index (χ4n) is 14.8. The summed E-state index contributed by atoms with van der Waals surface area (Å²) in [7, 11) is 6.16. The number of benzene rings is 3. The molecular weight excluding hydrogens is 988 g/mol. The molecule has 376 valence electrons. The van der Waals surface area contributed by atoms with E-state index >= 15 is 4.79 Å². The predicted octanol–water partition coefficient (Wildman–Crippen LogP) is 4.25. The number of nitrogens with one attached hydrogen (secondary N) is 1. The van der Waals surface area contributed by atoms with Crippen molar-refractivity contribution in [3.63, 3.8) is 0 Å². The topological polar surface area (TPSA) is 148 Å². The van der Waals surface area contributed by atoms with Crippen molar-refractivity contribution in [3.05, 3.63) is 124 Å². The van der Waals surface area contributed by atoms with Gasteiger partial charge >= 0.3 is 17.9 Å². The van der Waals surface area contributed by atoms with Crippen LogP contribution in [0.5, 0.6) is 5.75 Å². The second kappa shape index (κ2) is 18.7. The van der Waals surface area contributed by atoms with E-state index in [1.165, 1.54) is 26.7 Å². The highest BCUT2D eigenvalue weighted by molar-refractivity contribution is 6.30. The first-order chi connectivity index (χ1) is 33.6. The van der Waals surface area contributed by atoms with Gasteiger partial charge in [0.05, 0.1) is 40.5 Å². The number of rotatable bonds is 11. The highest BCUT2D eigenvalue weighted by atomic mass is 79.9. The number of fused-ring (bicyclic) bond motifs is 6. The Bertz CT molecular complexity index is 2900. The summed E-state index contributed by atoms with van der Waals surface area (Å²) in [6, 6.07) is 18.3. The standard InChI is InChI=1S/C56H64ClN4O9.BrH/c1-8-35-27-37-30-55(51(64)68-6,47-41(40-13-10-11-14-44(40)58-47)21-26-61(31-35,32-37)33-39(63)20-17-36-15-18-38(57)19-16-36)43-28-42-45(29-46(43)67-5)59(4)49-54(42)23-25-60-24-12-22-53(9-2,48(54)60)50(70-34(3)62)56(49,66)52(65)69-7;/h10-20,22,27-29,37,48-50,58,66H,8-9,21,23-26,30-33H2,1-7H3;1H/q+1;/p-1/b20-17+;/t37-,48+,49-,50-,53-,54-,55+,56+,61-;/m1./s1. The number of aliphatic hydroxyl groups is 1. The van der Waals surface area contributed by atoms with Crippen molar-refractivity contribution in [2.24, 2.45) is 11.3 Å². The molecule has 9 atom stereocenters. The number of ether oxygens (including phenoxy) is 4. The molecule has 1 saturated heterocycles. The molecule has 5 aliphatic heterocycles. The third kappa shape index (κ3) is 7.47. The van der Waals surface area contributed by atoms with Gasteiger partial charge in [-0.1, -0.05) is 80.1 Å². The number of esters is 3. The number of hydrogen-bond donors (Lipinski definition) is 2. The van der Waals surface area contributed by atoms with Crippen LogP contribution in [0.1, 0.15) is 74.4 Å². The van der Waals surface area contributed by atoms with Crippen LogP contribution in [0, 0.1) is 11.3 Å². The van der Waals surface area contributed by atoms with Crippen molar-refractivity contribution in [3.8, 4) is 5.75 Å². The van der Waals surface area contributed by atoms with Gasteiger partial charge in [0.25, 0.3) is 0 Å². The summed E-state index contributed by atoms with van der Waals surface area (Å²) in [5.74, 6) is -1.70. The van der Waals surface area contributed by atoms with Crippen molar-refractivity contribution in [2.75, 3.05) is 72.5 Å². The van der Waals surface area contributed by atoms with Crippen molar-refractivity contribution in [1.29, 1.82) is 0 Å². The van der Waals surface area contributed by atoms with Crippen LogP contribution in [0.3, 0.4) is 0 Å². The van der Waals surface area contributed by atoms with E-state index in [4.69, 9.17) is 30.5 Å². The Morgan fingerprint density at radius 2 is 1.73 bits per heavy atom. The first-order valence-corrected chi connectivity index (χ1v) is 25.0. The van der Waals surface area contributed by atoms with Gasteiger partial charge in [-0.3, -0.25) is 19.3 Å². The Hall–Kier alpha value is -5.25. The maximum atomic E-state index is 15.7. The van der Waals surface area contributed by atoms with Crippen LogP contribution in [0.25, 0.3) is 17.0 Å². The number of methoxy groups -OCH3 is 3. The third-order valence-corrected chi connectivity index (χ3v) is 17.5. The molecule has 1 saturated carbocycles. The predicted molar refractivity (Wildman–Crippen MR) is 268 cm³/mol. The van der Waals surface area contributed by atoms with E-state index in [1.807, 2.05) is 73.5 Å². The molecule has 3 aromatic carbocycles. The number of halogens is 2. The number of likely N-dealkylation sites (N-methyl/N-ethyl adjacent to an activating group) is 1. The van der Waals surface area contributed by atoms with Gasteiger partial charge in [-0.05, 0) is 84.8 Å². The Balaban J connectivity index is 0.00000624. The highest BCUT2D eigenvalue weighted by Gasteiger charge is 2.80. The number of carbonyl (C=O) groups excluding carboxylic acids is 4. The monoisotopic (exact) mass is 1050 g/mol. The molecule has 6 aliphatic rings. The largest absolute Gasteiger partial charge is 1.00 e. The van der Waals surface area contributed by atoms with Gasteiger partial charge in [0.2, 0.25) is 11.4 Å². The van der Waals surface area contributed by atoms with Gasteiger partial charge in [0.15, 0.2) is 6.10 Å². The van der Waals surface area contributed by atoms with Gasteiger partial charge in [0, 0.05) is 88.7 Å². The van der Waals surface area contributed by atoms with Crippen LogP contribution in [-0.2, 0) is 50.6 Å². The molecule has 0 radical (unpaired) electrons. The molecule has 1 aliphatic carbocycles. The lowest BCUT2D eigenvalue weighted by Crippen LogP contribution is -3.00. The van der Waals surface area contributed by atoms with E-state index in [0.29, 0.717) is 78.5 Å². The lowest BCUT2D eigenvalue weighted by molar-refractivity contribution is -0.920. The van der Waals surface area contributed by atoms with Crippen LogP contribution in [-0.4, -0.2) is 135 Å². The van der Waals surface area contributed by atoms with Crippen LogP contribution in [0.2, 0.25) is 5.02 Å². The molecule has 13 nitrogen and oxygen atoms in total. The Morgan fingerprint density at radius 1 is 0.986 bits per heavy atom. The molecule has 1 spiro atoms. The Kier molecular flexibility index (Phi) is 13.3. The summed E-state index contributed by atoms with van der Waals surface area (Å²) in [5, 5.41) is 15.1. The fraction of sp³-hybridized carbons (Fsp3) is 0.464. The number of quaternary nitrogens is 1. The van der Waals surface area contributed by atoms with Gasteiger partial charge in [-0.25, -0.2) is 4.79 Å². The lowest BCUT2D eigenvalue weighted by Gasteiger charge is -2.63. The van der Waals surface area contributed by atoms with E-state index in [9.17, 15) is 19.5 Å². The molecule has 1 aromatic heterocycles. The number of carbonyl (C=O) groups is 4. The first-order valence-electron chi connectivity index (χ1n) is 24.6. The average Bonchev–Trinajstić information content (AvgIpc) is 4.02. The highest BCUT2D eigenvalue weighted by Crippen LogP contribution is 2.68. The van der Waals surface area contributed by atoms with Gasteiger partial charge in [-0.15, -0.1) is 0 Å². The van der Waals surface area contributed by atoms with E-state index in [0.717, 1.165) is 39.7 Å². The minimum atomic E-state index is -2.33. The summed E-state index contributed by atoms with van der Waals surface area (Å²) in [6.07, 6.45) is 11.3. The zero-order valence-corrected chi connectivity index (χ0v) is 43.9. The Labute approximate surface area is 431 Å². The van der Waals surface area contributed by atoms with Gasteiger partial charge in [-0.2, -0.15) is 0 Å². The van der Waals surface area contributed by atoms with Gasteiger partial charge < -0.3 is 55.4 Å². The SMILES string of the molecule is CCC1=C[C@@H]2C[C@](C(=O)OC)(c3cc4c(cc3OC)N(C)[C@H]3[C@@](O)(C(=O)OC)[C@H](OC(C)=O)[C@]5(CC)C=CCN6CC[C@]43[C@@H]65)c3[nH]c4ccccc4c3CC[N@@+](CC(=O)/C=C/c3ccc(Cl)cc3)(C1)C2.[Br-]. The first kappa shape index (κ1) is 50.7. The van der Waals surface area contributed by atoms with E-state index < -0.39 is 51.9 Å². The molecule has 10 rings (SSSR count). The molecule has 2 fully saturated rings. The molecule has 0 amide bonds. The maximum absolute atomic E-state index is 15.7. The summed E-state index contributed by atoms with van der Waals surface area (Å²) >= 11 is 6.17. The van der Waals surface area contributed by atoms with Crippen molar-refractivity contribution in [2.45, 2.75) is 87.5 Å². The summed E-state index contributed by atoms with van der Waals surface area (Å²) < 4.78 is 24.8. The normalized spacial score (nSPS) is 31.5. The number of aromatic nitrogens is 1.